The molecule has 0 atom stereocenters. The smallest absolute Gasteiger partial charge is 0.261 e. The molecular weight excluding hydrogens is 452 g/mol. The largest absolute Gasteiger partial charge is 0.494 e. The van der Waals surface area contributed by atoms with Gasteiger partial charge in [-0.15, -0.1) is 0 Å². The monoisotopic (exact) mass is 482 g/mol. The van der Waals surface area contributed by atoms with Crippen molar-refractivity contribution in [2.75, 3.05) is 23.3 Å². The van der Waals surface area contributed by atoms with E-state index in [0.717, 1.165) is 6.42 Å². The van der Waals surface area contributed by atoms with Crippen LogP contribution in [0.3, 0.4) is 0 Å². The number of amides is 1. The van der Waals surface area contributed by atoms with E-state index in [2.05, 4.69) is 23.9 Å². The lowest BCUT2D eigenvalue weighted by Crippen LogP contribution is -2.14. The van der Waals surface area contributed by atoms with Gasteiger partial charge in [0.1, 0.15) is 11.5 Å². The third-order valence-electron chi connectivity index (χ3n) is 4.90. The van der Waals surface area contributed by atoms with Gasteiger partial charge in [0.25, 0.3) is 15.9 Å². The van der Waals surface area contributed by atoms with Gasteiger partial charge in [0.2, 0.25) is 0 Å². The van der Waals surface area contributed by atoms with E-state index in [-0.39, 0.29) is 10.8 Å². The molecule has 0 bridgehead atoms. The van der Waals surface area contributed by atoms with Crippen LogP contribution in [0.1, 0.15) is 37.6 Å². The first-order valence-corrected chi connectivity index (χ1v) is 12.6. The number of sulfonamides is 1. The molecule has 0 aliphatic carbocycles. The summed E-state index contributed by atoms with van der Waals surface area (Å²) in [7, 11) is -3.78. The minimum atomic E-state index is -3.78. The Hall–Kier alpha value is -3.52. The van der Waals surface area contributed by atoms with E-state index in [1.165, 1.54) is 12.1 Å². The van der Waals surface area contributed by atoms with E-state index in [4.69, 9.17) is 9.47 Å². The van der Waals surface area contributed by atoms with Crippen LogP contribution in [-0.2, 0) is 10.0 Å². The van der Waals surface area contributed by atoms with Gasteiger partial charge in [0.05, 0.1) is 18.1 Å². The van der Waals surface area contributed by atoms with Gasteiger partial charge in [-0.1, -0.05) is 19.9 Å². The van der Waals surface area contributed by atoms with Gasteiger partial charge in [0.15, 0.2) is 0 Å². The minimum absolute atomic E-state index is 0.0833. The van der Waals surface area contributed by atoms with Crippen LogP contribution in [0.4, 0.5) is 11.4 Å². The van der Waals surface area contributed by atoms with Crippen LogP contribution in [0.2, 0.25) is 0 Å². The molecule has 0 heterocycles. The molecule has 2 N–H and O–H groups in total. The number of carbonyl (C=O) groups excluding carboxylic acids is 1. The van der Waals surface area contributed by atoms with Gasteiger partial charge in [-0.2, -0.15) is 0 Å². The summed E-state index contributed by atoms with van der Waals surface area (Å²) in [6.45, 7) is 7.25. The molecular formula is C26H30N2O5S. The van der Waals surface area contributed by atoms with Crippen molar-refractivity contribution in [3.05, 3.63) is 78.4 Å². The number of nitrogens with one attached hydrogen (secondary N) is 2. The maximum atomic E-state index is 12.7. The van der Waals surface area contributed by atoms with Crippen LogP contribution < -0.4 is 19.5 Å². The van der Waals surface area contributed by atoms with Crippen molar-refractivity contribution in [2.24, 2.45) is 5.92 Å². The van der Waals surface area contributed by atoms with Gasteiger partial charge in [-0.25, -0.2) is 8.42 Å². The van der Waals surface area contributed by atoms with Gasteiger partial charge >= 0.3 is 0 Å². The van der Waals surface area contributed by atoms with Crippen molar-refractivity contribution < 1.29 is 22.7 Å². The molecule has 7 nitrogen and oxygen atoms in total. The summed E-state index contributed by atoms with van der Waals surface area (Å²) < 4.78 is 39.0. The quantitative estimate of drug-likeness (QED) is 0.373. The molecule has 0 fully saturated rings. The molecule has 1 amide bonds. The zero-order valence-electron chi connectivity index (χ0n) is 19.6. The van der Waals surface area contributed by atoms with Crippen LogP contribution in [0.15, 0.2) is 77.7 Å². The van der Waals surface area contributed by atoms with Crippen LogP contribution >= 0.6 is 0 Å². The highest BCUT2D eigenvalue weighted by Crippen LogP contribution is 2.21. The fraction of sp³-hybridized carbons (Fsp3) is 0.269. The first-order valence-electron chi connectivity index (χ1n) is 11.2. The normalized spacial score (nSPS) is 11.2. The van der Waals surface area contributed by atoms with Crippen molar-refractivity contribution in [1.82, 2.24) is 0 Å². The second kappa shape index (κ2) is 11.6. The highest BCUT2D eigenvalue weighted by Gasteiger charge is 2.15. The molecule has 0 aromatic heterocycles. The van der Waals surface area contributed by atoms with Crippen LogP contribution in [-0.4, -0.2) is 27.5 Å². The first-order chi connectivity index (χ1) is 16.3. The van der Waals surface area contributed by atoms with E-state index in [1.54, 1.807) is 54.6 Å². The zero-order chi connectivity index (χ0) is 24.6. The lowest BCUT2D eigenvalue weighted by atomic mass is 10.1. The summed E-state index contributed by atoms with van der Waals surface area (Å²) in [4.78, 5) is 12.7. The zero-order valence-corrected chi connectivity index (χ0v) is 20.4. The summed E-state index contributed by atoms with van der Waals surface area (Å²) in [5, 5.41) is 2.78. The third kappa shape index (κ3) is 7.25. The second-order valence-electron chi connectivity index (χ2n) is 8.10. The Morgan fingerprint density at radius 3 is 2.21 bits per heavy atom. The molecule has 8 heteroatoms. The van der Waals surface area contributed by atoms with Crippen molar-refractivity contribution >= 4 is 27.3 Å². The summed E-state index contributed by atoms with van der Waals surface area (Å²) in [5.74, 6) is 1.53. The molecule has 3 aromatic carbocycles. The van der Waals surface area contributed by atoms with E-state index < -0.39 is 10.0 Å². The molecule has 3 rings (SSSR count). The number of hydrogen-bond donors (Lipinski definition) is 2. The number of hydrogen-bond acceptors (Lipinski definition) is 5. The van der Waals surface area contributed by atoms with E-state index >= 15 is 0 Å². The molecule has 0 unspecified atom stereocenters. The van der Waals surface area contributed by atoms with Crippen LogP contribution in [0, 0.1) is 5.92 Å². The molecule has 3 aromatic rings. The van der Waals surface area contributed by atoms with E-state index in [9.17, 15) is 13.2 Å². The van der Waals surface area contributed by atoms with E-state index in [0.29, 0.717) is 47.6 Å². The van der Waals surface area contributed by atoms with Crippen LogP contribution in [0.25, 0.3) is 0 Å². The second-order valence-corrected chi connectivity index (χ2v) is 9.78. The summed E-state index contributed by atoms with van der Waals surface area (Å²) >= 11 is 0. The van der Waals surface area contributed by atoms with Crippen LogP contribution in [0.5, 0.6) is 11.5 Å². The number of carbonyl (C=O) groups is 1. The first kappa shape index (κ1) is 25.1. The van der Waals surface area contributed by atoms with Crippen molar-refractivity contribution in [1.29, 1.82) is 0 Å². The molecule has 180 valence electrons. The maximum absolute atomic E-state index is 12.7. The Kier molecular flexibility index (Phi) is 8.54. The topological polar surface area (TPSA) is 93.7 Å². The summed E-state index contributed by atoms with van der Waals surface area (Å²) in [5.41, 5.74) is 1.36. The van der Waals surface area contributed by atoms with Gasteiger partial charge in [0, 0.05) is 16.9 Å². The average molecular weight is 483 g/mol. The predicted molar refractivity (Wildman–Crippen MR) is 134 cm³/mol. The Balaban J connectivity index is 1.62. The number of rotatable bonds is 11. The lowest BCUT2D eigenvalue weighted by Gasteiger charge is -2.11. The molecule has 0 saturated heterocycles. The van der Waals surface area contributed by atoms with Gasteiger partial charge < -0.3 is 14.8 Å². The number of ether oxygens (including phenoxy) is 2. The van der Waals surface area contributed by atoms with Crippen molar-refractivity contribution in [3.8, 4) is 11.5 Å². The Morgan fingerprint density at radius 2 is 1.56 bits per heavy atom. The fourth-order valence-corrected chi connectivity index (χ4v) is 4.12. The van der Waals surface area contributed by atoms with Gasteiger partial charge in [-0.3, -0.25) is 9.52 Å². The summed E-state index contributed by atoms with van der Waals surface area (Å²) in [6.07, 6.45) is 0.930. The van der Waals surface area contributed by atoms with E-state index in [1.807, 2.05) is 13.0 Å². The Bertz CT molecular complexity index is 1190. The third-order valence-corrected chi connectivity index (χ3v) is 6.30. The predicted octanol–water partition coefficient (Wildman–Crippen LogP) is 5.56. The van der Waals surface area contributed by atoms with Crippen molar-refractivity contribution in [2.45, 2.75) is 32.1 Å². The number of benzene rings is 3. The molecule has 34 heavy (non-hydrogen) atoms. The lowest BCUT2D eigenvalue weighted by molar-refractivity contribution is 0.102. The molecule has 0 saturated carbocycles. The Morgan fingerprint density at radius 1 is 0.882 bits per heavy atom. The van der Waals surface area contributed by atoms with Gasteiger partial charge in [-0.05, 0) is 86.0 Å². The fourth-order valence-electron chi connectivity index (χ4n) is 3.06. The average Bonchev–Trinajstić information content (AvgIpc) is 2.81. The minimum Gasteiger partial charge on any atom is -0.494 e. The molecule has 0 radical (unpaired) electrons. The molecule has 0 spiro atoms. The highest BCUT2D eigenvalue weighted by atomic mass is 32.2. The summed E-state index contributed by atoms with van der Waals surface area (Å²) in [6, 6.07) is 19.6. The molecule has 0 aliphatic heterocycles. The standard InChI is InChI=1S/C26H30N2O5S/c1-4-32-23-12-8-22(9-13-23)28-34(30,31)25-14-10-21(11-15-25)27-26(29)20-6-5-7-24(18-20)33-17-16-19(2)3/h5-15,18-19,28H,4,16-17H2,1-3H3,(H,27,29). The highest BCUT2D eigenvalue weighted by molar-refractivity contribution is 7.92. The maximum Gasteiger partial charge on any atom is 0.261 e. The Labute approximate surface area is 201 Å². The molecule has 0 aliphatic rings. The number of anilines is 2. The SMILES string of the molecule is CCOc1ccc(NS(=O)(=O)c2ccc(NC(=O)c3cccc(OCCC(C)C)c3)cc2)cc1. The van der Waals surface area contributed by atoms with Crippen molar-refractivity contribution in [3.63, 3.8) is 0 Å².